The number of nitrogens with zero attached hydrogens (tertiary/aromatic N) is 4. The first-order chi connectivity index (χ1) is 13.8. The molecule has 2 aliphatic heterocycles. The van der Waals surface area contributed by atoms with Crippen LogP contribution in [-0.2, 0) is 9.59 Å². The van der Waals surface area contributed by atoms with Gasteiger partial charge in [-0.2, -0.15) is 20.2 Å². The molecule has 0 aromatic carbocycles. The molecule has 0 saturated heterocycles. The van der Waals surface area contributed by atoms with Crippen molar-refractivity contribution in [3.8, 4) is 0 Å². The summed E-state index contributed by atoms with van der Waals surface area (Å²) in [6, 6.07) is 0. The van der Waals surface area contributed by atoms with E-state index in [0.29, 0.717) is 36.1 Å². The van der Waals surface area contributed by atoms with Crippen LogP contribution in [0.2, 0.25) is 0 Å². The number of carbonyl (C=O) groups is 2. The van der Waals surface area contributed by atoms with Gasteiger partial charge in [-0.05, 0) is 48.3 Å². The van der Waals surface area contributed by atoms with E-state index in [1.807, 2.05) is 13.8 Å². The third-order valence-corrected chi connectivity index (χ3v) is 9.75. The molecule has 4 fully saturated rings. The Morgan fingerprint density at radius 1 is 0.800 bits per heavy atom. The highest BCUT2D eigenvalue weighted by atomic mass is 16.3. The van der Waals surface area contributed by atoms with Crippen LogP contribution in [0.1, 0.15) is 54.4 Å². The lowest BCUT2D eigenvalue weighted by Gasteiger charge is -2.37. The second kappa shape index (κ2) is 4.83. The van der Waals surface area contributed by atoms with E-state index in [2.05, 4.69) is 37.9 Å². The van der Waals surface area contributed by atoms with Crippen molar-refractivity contribution in [1.82, 2.24) is 10.0 Å². The van der Waals surface area contributed by atoms with E-state index >= 15 is 0 Å². The van der Waals surface area contributed by atoms with Crippen LogP contribution in [0.25, 0.3) is 0 Å². The second-order valence-corrected chi connectivity index (χ2v) is 11.7. The Labute approximate surface area is 176 Å². The topological polar surface area (TPSA) is 106 Å². The number of hydrazone groups is 2. The van der Waals surface area contributed by atoms with E-state index in [4.69, 9.17) is 0 Å². The van der Waals surface area contributed by atoms with Crippen LogP contribution in [0.4, 0.5) is 0 Å². The second-order valence-electron chi connectivity index (χ2n) is 11.7. The quantitative estimate of drug-likeness (QED) is 0.584. The Balaban J connectivity index is 1.28. The van der Waals surface area contributed by atoms with Gasteiger partial charge in [-0.15, -0.1) is 0 Å². The minimum absolute atomic E-state index is 0.118. The smallest absolute Gasteiger partial charge is 0.336 e. The molecule has 2 N–H and O–H groups in total. The Morgan fingerprint density at radius 2 is 1.13 bits per heavy atom. The molecule has 0 bridgehead atoms. The fourth-order valence-corrected chi connectivity index (χ4v) is 8.02. The highest BCUT2D eigenvalue weighted by Gasteiger charge is 2.78. The summed E-state index contributed by atoms with van der Waals surface area (Å²) in [4.78, 5) is 26.5. The summed E-state index contributed by atoms with van der Waals surface area (Å²) in [5.41, 5.74) is -1.29. The van der Waals surface area contributed by atoms with Crippen LogP contribution in [0, 0.1) is 46.3 Å². The van der Waals surface area contributed by atoms with Crippen molar-refractivity contribution in [2.45, 2.75) is 65.8 Å². The van der Waals surface area contributed by atoms with Crippen molar-refractivity contribution in [3.63, 3.8) is 0 Å². The molecule has 6 rings (SSSR count). The average molecular weight is 415 g/mol. The van der Waals surface area contributed by atoms with E-state index in [1.165, 1.54) is 0 Å². The summed E-state index contributed by atoms with van der Waals surface area (Å²) in [6.07, 6.45) is 0.839. The third-order valence-electron chi connectivity index (χ3n) is 9.75. The predicted octanol–water partition coefficient (Wildman–Crippen LogP) is 1.38. The van der Waals surface area contributed by atoms with Crippen LogP contribution in [0.15, 0.2) is 10.2 Å². The number of carbonyl (C=O) groups excluding carboxylic acids is 2. The van der Waals surface area contributed by atoms with E-state index in [0.717, 1.165) is 10.0 Å². The van der Waals surface area contributed by atoms with Gasteiger partial charge in [0, 0.05) is 24.3 Å². The maximum absolute atomic E-state index is 13.3. The Bertz CT molecular complexity index is 908. The zero-order valence-corrected chi connectivity index (χ0v) is 18.4. The van der Waals surface area contributed by atoms with Crippen molar-refractivity contribution in [1.29, 1.82) is 0 Å². The van der Waals surface area contributed by atoms with Crippen molar-refractivity contribution >= 4 is 23.2 Å². The molecule has 6 aliphatic rings. The molecule has 0 radical (unpaired) electrons. The molecule has 0 unspecified atom stereocenters. The first-order valence-electron chi connectivity index (χ1n) is 11.0. The zero-order valence-electron chi connectivity index (χ0n) is 18.4. The summed E-state index contributed by atoms with van der Waals surface area (Å²) < 4.78 is 0. The van der Waals surface area contributed by atoms with Crippen molar-refractivity contribution < 1.29 is 19.8 Å². The predicted molar refractivity (Wildman–Crippen MR) is 108 cm³/mol. The monoisotopic (exact) mass is 414 g/mol. The van der Waals surface area contributed by atoms with Crippen LogP contribution >= 0.6 is 0 Å². The van der Waals surface area contributed by atoms with Gasteiger partial charge >= 0.3 is 11.8 Å². The van der Waals surface area contributed by atoms with Crippen LogP contribution < -0.4 is 0 Å². The normalized spacial score (nSPS) is 50.4. The van der Waals surface area contributed by atoms with E-state index in [1.54, 1.807) is 0 Å². The molecule has 8 atom stereocenters. The number of amides is 2. The molecule has 4 aliphatic carbocycles. The largest absolute Gasteiger partial charge is 0.368 e. The highest BCUT2D eigenvalue weighted by Crippen LogP contribution is 2.74. The molecule has 4 saturated carbocycles. The molecule has 0 aromatic rings. The van der Waals surface area contributed by atoms with Gasteiger partial charge in [0.1, 0.15) is 0 Å². The lowest BCUT2D eigenvalue weighted by molar-refractivity contribution is -0.185. The third kappa shape index (κ3) is 1.80. The highest BCUT2D eigenvalue weighted by molar-refractivity contribution is 6.35. The lowest BCUT2D eigenvalue weighted by atomic mass is 9.84. The minimum Gasteiger partial charge on any atom is -0.368 e. The molecular weight excluding hydrogens is 384 g/mol. The maximum atomic E-state index is 13.3. The summed E-state index contributed by atoms with van der Waals surface area (Å²) in [5, 5.41) is 33.4. The van der Waals surface area contributed by atoms with Gasteiger partial charge in [0.05, 0.1) is 11.8 Å². The van der Waals surface area contributed by atoms with E-state index < -0.39 is 23.3 Å². The molecule has 0 spiro atoms. The minimum atomic E-state index is -1.46. The summed E-state index contributed by atoms with van der Waals surface area (Å²) in [7, 11) is 0. The van der Waals surface area contributed by atoms with Gasteiger partial charge in [0.2, 0.25) is 0 Å². The number of aliphatic hydroxyl groups is 2. The van der Waals surface area contributed by atoms with Crippen LogP contribution in [0.5, 0.6) is 0 Å². The molecule has 8 heteroatoms. The van der Waals surface area contributed by atoms with Crippen molar-refractivity contribution in [2.75, 3.05) is 0 Å². The van der Waals surface area contributed by atoms with Crippen LogP contribution in [0.3, 0.4) is 0 Å². The number of fused-ring (bicyclic) bond motifs is 6. The van der Waals surface area contributed by atoms with E-state index in [9.17, 15) is 19.8 Å². The molecule has 162 valence electrons. The number of hydrogen-bond acceptors (Lipinski definition) is 6. The molecule has 0 aromatic heterocycles. The maximum Gasteiger partial charge on any atom is 0.336 e. The van der Waals surface area contributed by atoms with Gasteiger partial charge in [-0.25, -0.2) is 0 Å². The zero-order chi connectivity index (χ0) is 21.8. The fraction of sp³-hybridized carbons (Fsp3) is 0.818. The van der Waals surface area contributed by atoms with Gasteiger partial charge in [-0.1, -0.05) is 27.7 Å². The first-order valence-corrected chi connectivity index (χ1v) is 11.0. The van der Waals surface area contributed by atoms with Gasteiger partial charge in [-0.3, -0.25) is 9.59 Å². The molecule has 2 amide bonds. The first kappa shape index (κ1) is 18.9. The molecule has 8 nitrogen and oxygen atoms in total. The van der Waals surface area contributed by atoms with Gasteiger partial charge in [0.15, 0.2) is 11.4 Å². The summed E-state index contributed by atoms with van der Waals surface area (Å²) >= 11 is 0. The lowest BCUT2D eigenvalue weighted by Crippen LogP contribution is -2.58. The molecular formula is C22H30N4O4. The Hall–Kier alpha value is -1.80. The van der Waals surface area contributed by atoms with Crippen molar-refractivity contribution in [2.24, 2.45) is 56.5 Å². The van der Waals surface area contributed by atoms with Crippen LogP contribution in [-0.4, -0.2) is 54.9 Å². The molecule has 2 heterocycles. The SMILES string of the molecule is CC1=NN(C(=O)C(=O)N2N=C(C)[C@@H]3[C@@H]4[C@@H](C[C@@]32O)C4(C)C)[C@@]2(O)C[C@@H]3[C@H]([C@@H]12)C3(C)C. The summed E-state index contributed by atoms with van der Waals surface area (Å²) in [6.45, 7) is 12.3. The number of rotatable bonds is 0. The summed E-state index contributed by atoms with van der Waals surface area (Å²) in [5.74, 6) is -1.15. The standard InChI is InChI=1S/C22H30N4O4/c1-9-13-15-11(19(15,3)4)7-21(13,29)25(23-9)17(27)18(28)26-22(30)8-12-16(20(12,5)6)14(22)10(2)24-26/h11-16,29-30H,7-8H2,1-6H3/t11-,12-,13-,14-,15-,16+,21-,22-/m1/s1. The van der Waals surface area contributed by atoms with Gasteiger partial charge in [0.25, 0.3) is 0 Å². The van der Waals surface area contributed by atoms with Gasteiger partial charge < -0.3 is 10.2 Å². The van der Waals surface area contributed by atoms with Crippen molar-refractivity contribution in [3.05, 3.63) is 0 Å². The number of hydrogen-bond donors (Lipinski definition) is 2. The Kier molecular flexibility index (Phi) is 3.04. The Morgan fingerprint density at radius 3 is 1.47 bits per heavy atom. The fourth-order valence-electron chi connectivity index (χ4n) is 8.02. The molecule has 30 heavy (non-hydrogen) atoms. The van der Waals surface area contributed by atoms with E-state index in [-0.39, 0.29) is 34.5 Å². The average Bonchev–Trinajstić information content (AvgIpc) is 3.07.